The maximum Gasteiger partial charge on any atom is 0.226 e. The first-order chi connectivity index (χ1) is 8.54. The summed E-state index contributed by atoms with van der Waals surface area (Å²) in [6.45, 7) is 4.41. The number of nitrogens with zero attached hydrogens (tertiary/aromatic N) is 1. The highest BCUT2D eigenvalue weighted by Gasteiger charge is 2.42. The molecule has 1 aliphatic heterocycles. The van der Waals surface area contributed by atoms with Crippen molar-refractivity contribution < 1.29 is 9.57 Å². The van der Waals surface area contributed by atoms with Gasteiger partial charge >= 0.3 is 0 Å². The third kappa shape index (κ3) is 2.69. The van der Waals surface area contributed by atoms with E-state index in [1.54, 1.807) is 7.11 Å². The monoisotopic (exact) mass is 311 g/mol. The van der Waals surface area contributed by atoms with Crippen LogP contribution in [0.2, 0.25) is 0 Å². The molecule has 2 atom stereocenters. The molecule has 1 saturated heterocycles. The lowest BCUT2D eigenvalue weighted by atomic mass is 9.79. The fourth-order valence-corrected chi connectivity index (χ4v) is 2.76. The van der Waals surface area contributed by atoms with E-state index < -0.39 is 0 Å². The van der Waals surface area contributed by atoms with Gasteiger partial charge in [0, 0.05) is 6.42 Å². The maximum atomic E-state index is 5.94. The van der Waals surface area contributed by atoms with Gasteiger partial charge in [-0.05, 0) is 11.0 Å². The molecule has 0 saturated carbocycles. The summed E-state index contributed by atoms with van der Waals surface area (Å²) >= 11 is 3.77. The van der Waals surface area contributed by atoms with Crippen LogP contribution in [-0.4, -0.2) is 17.8 Å². The van der Waals surface area contributed by atoms with Crippen LogP contribution in [0.4, 0.5) is 0 Å². The van der Waals surface area contributed by atoms with E-state index in [9.17, 15) is 0 Å². The normalized spacial score (nSPS) is 28.8. The minimum atomic E-state index is -0.0381. The molecule has 0 aromatic heterocycles. The summed E-state index contributed by atoms with van der Waals surface area (Å²) in [4.78, 5) is 5.08. The lowest BCUT2D eigenvalue weighted by molar-refractivity contribution is 0.0806. The summed E-state index contributed by atoms with van der Waals surface area (Å²) < 4.78 is 5.94. The molecule has 1 aromatic carbocycles. The molecule has 1 fully saturated rings. The Morgan fingerprint density at radius 1 is 1.33 bits per heavy atom. The van der Waals surface area contributed by atoms with Gasteiger partial charge in [0.1, 0.15) is 13.2 Å². The number of hydrogen-bond donors (Lipinski definition) is 0. The van der Waals surface area contributed by atoms with Crippen molar-refractivity contribution in [3.8, 4) is 0 Å². The molecule has 0 radical (unpaired) electrons. The molecular formula is C14H18BrNO2. The van der Waals surface area contributed by atoms with Crippen molar-refractivity contribution in [3.63, 3.8) is 0 Å². The predicted molar refractivity (Wildman–Crippen MR) is 75.8 cm³/mol. The van der Waals surface area contributed by atoms with Crippen molar-refractivity contribution >= 4 is 21.8 Å². The van der Waals surface area contributed by atoms with Gasteiger partial charge in [-0.25, -0.2) is 0 Å². The summed E-state index contributed by atoms with van der Waals surface area (Å²) in [6, 6.07) is 10.2. The van der Waals surface area contributed by atoms with Gasteiger partial charge in [-0.3, -0.25) is 0 Å². The Bertz CT molecular complexity index is 431. The van der Waals surface area contributed by atoms with Crippen molar-refractivity contribution in [2.45, 2.75) is 31.2 Å². The second-order valence-electron chi connectivity index (χ2n) is 5.18. The Morgan fingerprint density at radius 2 is 2.00 bits per heavy atom. The van der Waals surface area contributed by atoms with Crippen molar-refractivity contribution in [2.75, 3.05) is 7.11 Å². The van der Waals surface area contributed by atoms with Crippen molar-refractivity contribution in [1.29, 1.82) is 0 Å². The summed E-state index contributed by atoms with van der Waals surface area (Å²) in [5.41, 5.74) is 1.21. The minimum Gasteiger partial charge on any atom is -0.469 e. The SMILES string of the molecule is CO/N=C1/CC(C)(C)[C@H](Br)[C@@H](c2ccccc2)O1. The summed E-state index contributed by atoms with van der Waals surface area (Å²) in [5, 5.41) is 3.96. The average Bonchev–Trinajstić information content (AvgIpc) is 2.34. The average molecular weight is 312 g/mol. The molecular weight excluding hydrogens is 294 g/mol. The number of hydrogen-bond acceptors (Lipinski definition) is 3. The Kier molecular flexibility index (Phi) is 3.95. The molecule has 0 bridgehead atoms. The van der Waals surface area contributed by atoms with Crippen LogP contribution >= 0.6 is 15.9 Å². The molecule has 0 N–H and O–H groups in total. The molecule has 1 aliphatic rings. The first kappa shape index (κ1) is 13.4. The van der Waals surface area contributed by atoms with E-state index in [4.69, 9.17) is 9.57 Å². The maximum absolute atomic E-state index is 5.94. The smallest absolute Gasteiger partial charge is 0.226 e. The number of halogens is 1. The van der Waals surface area contributed by atoms with E-state index in [1.807, 2.05) is 18.2 Å². The Hall–Kier alpha value is -1.03. The van der Waals surface area contributed by atoms with Crippen LogP contribution in [0.1, 0.15) is 31.9 Å². The van der Waals surface area contributed by atoms with Crippen LogP contribution in [0.15, 0.2) is 35.5 Å². The minimum absolute atomic E-state index is 0.0381. The predicted octanol–water partition coefficient (Wildman–Crippen LogP) is 3.90. The highest BCUT2D eigenvalue weighted by Crippen LogP contribution is 2.45. The first-order valence-corrected chi connectivity index (χ1v) is 6.92. The third-order valence-electron chi connectivity index (χ3n) is 3.20. The molecule has 1 heterocycles. The first-order valence-electron chi connectivity index (χ1n) is 6.00. The van der Waals surface area contributed by atoms with E-state index in [0.29, 0.717) is 5.90 Å². The molecule has 18 heavy (non-hydrogen) atoms. The number of rotatable bonds is 2. The fourth-order valence-electron chi connectivity index (χ4n) is 2.18. The Labute approximate surface area is 116 Å². The lowest BCUT2D eigenvalue weighted by Gasteiger charge is -2.41. The number of ether oxygens (including phenoxy) is 1. The molecule has 0 amide bonds. The van der Waals surface area contributed by atoms with E-state index in [2.05, 4.69) is 47.1 Å². The van der Waals surface area contributed by atoms with Crippen LogP contribution in [0.3, 0.4) is 0 Å². The van der Waals surface area contributed by atoms with E-state index in [-0.39, 0.29) is 16.3 Å². The quantitative estimate of drug-likeness (QED) is 0.612. The van der Waals surface area contributed by atoms with E-state index in [0.717, 1.165) is 12.0 Å². The summed E-state index contributed by atoms with van der Waals surface area (Å²) in [6.07, 6.45) is 0.726. The molecule has 0 spiro atoms. The number of alkyl halides is 1. The third-order valence-corrected chi connectivity index (χ3v) is 4.92. The topological polar surface area (TPSA) is 30.8 Å². The number of benzene rings is 1. The van der Waals surface area contributed by atoms with Crippen molar-refractivity contribution in [3.05, 3.63) is 35.9 Å². The Balaban J connectivity index is 2.31. The number of oxime groups is 1. The van der Waals surface area contributed by atoms with Crippen molar-refractivity contribution in [2.24, 2.45) is 10.6 Å². The van der Waals surface area contributed by atoms with Crippen molar-refractivity contribution in [1.82, 2.24) is 0 Å². The van der Waals surface area contributed by atoms with Crippen LogP contribution < -0.4 is 0 Å². The van der Waals surface area contributed by atoms with Gasteiger partial charge in [-0.1, -0.05) is 65.3 Å². The molecule has 0 unspecified atom stereocenters. The van der Waals surface area contributed by atoms with E-state index in [1.165, 1.54) is 0 Å². The fraction of sp³-hybridized carbons (Fsp3) is 0.500. The van der Waals surface area contributed by atoms with Crippen LogP contribution in [-0.2, 0) is 9.57 Å². The lowest BCUT2D eigenvalue weighted by Crippen LogP contribution is -2.40. The van der Waals surface area contributed by atoms with Crippen LogP contribution in [0, 0.1) is 5.41 Å². The van der Waals surface area contributed by atoms with Crippen LogP contribution in [0.5, 0.6) is 0 Å². The summed E-state index contributed by atoms with van der Waals surface area (Å²) in [5.74, 6) is 0.659. The van der Waals surface area contributed by atoms with Gasteiger partial charge < -0.3 is 9.57 Å². The largest absolute Gasteiger partial charge is 0.469 e. The zero-order valence-electron chi connectivity index (χ0n) is 10.9. The zero-order valence-corrected chi connectivity index (χ0v) is 12.5. The van der Waals surface area contributed by atoms with E-state index >= 15 is 0 Å². The highest BCUT2D eigenvalue weighted by atomic mass is 79.9. The molecule has 2 rings (SSSR count). The molecule has 3 nitrogen and oxygen atoms in total. The van der Waals surface area contributed by atoms with Gasteiger partial charge in [-0.2, -0.15) is 0 Å². The zero-order chi connectivity index (χ0) is 13.2. The molecule has 0 aliphatic carbocycles. The van der Waals surface area contributed by atoms with Gasteiger partial charge in [-0.15, -0.1) is 0 Å². The second kappa shape index (κ2) is 5.31. The summed E-state index contributed by atoms with van der Waals surface area (Å²) in [7, 11) is 1.54. The van der Waals surface area contributed by atoms with Crippen LogP contribution in [0.25, 0.3) is 0 Å². The second-order valence-corrected chi connectivity index (χ2v) is 6.17. The van der Waals surface area contributed by atoms with Gasteiger partial charge in [0.05, 0.1) is 4.83 Å². The van der Waals surface area contributed by atoms with Gasteiger partial charge in [0.25, 0.3) is 0 Å². The molecule has 1 aromatic rings. The molecule has 98 valence electrons. The molecule has 4 heteroatoms. The Morgan fingerprint density at radius 3 is 2.61 bits per heavy atom. The highest BCUT2D eigenvalue weighted by molar-refractivity contribution is 9.09. The van der Waals surface area contributed by atoms with Gasteiger partial charge in [0.2, 0.25) is 5.90 Å². The van der Waals surface area contributed by atoms with Gasteiger partial charge in [0.15, 0.2) is 0 Å². The standard InChI is InChI=1S/C14H18BrNO2/c1-14(2)9-11(16-17-3)18-12(13(14)15)10-7-5-4-6-8-10/h4-8,12-13H,9H2,1-3H3/b16-11-/t12-,13-/m1/s1.